The fourth-order valence-electron chi connectivity index (χ4n) is 5.11. The maximum Gasteiger partial charge on any atom is 0.337 e. The first-order valence-electron chi connectivity index (χ1n) is 12.7. The second-order valence-corrected chi connectivity index (χ2v) is 11.2. The minimum atomic E-state index is -0.367. The van der Waals surface area contributed by atoms with E-state index < -0.39 is 0 Å². The minimum absolute atomic E-state index is 0.00257. The van der Waals surface area contributed by atoms with E-state index in [1.165, 1.54) is 7.11 Å². The number of aromatic nitrogens is 1. The molecule has 0 amide bonds. The molecule has 10 heteroatoms. The molecular weight excluding hydrogens is 596 g/mol. The third-order valence-electron chi connectivity index (χ3n) is 7.25. The molecule has 6 rings (SSSR count). The van der Waals surface area contributed by atoms with Crippen molar-refractivity contribution in [1.82, 2.24) is 5.16 Å². The zero-order chi connectivity index (χ0) is 28.0. The molecule has 0 N–H and O–H groups in total. The quantitative estimate of drug-likeness (QED) is 0.152. The van der Waals surface area contributed by atoms with Crippen LogP contribution in [0.25, 0.3) is 11.3 Å². The Morgan fingerprint density at radius 2 is 1.85 bits per heavy atom. The van der Waals surface area contributed by atoms with Crippen molar-refractivity contribution in [2.24, 2.45) is 0 Å². The molecule has 2 aliphatic rings. The van der Waals surface area contributed by atoms with E-state index in [1.54, 1.807) is 30.3 Å². The summed E-state index contributed by atoms with van der Waals surface area (Å²) in [7, 11) is 1.37. The van der Waals surface area contributed by atoms with Gasteiger partial charge in [-0.2, -0.15) is 0 Å². The molecule has 0 saturated heterocycles. The van der Waals surface area contributed by atoms with Crippen LogP contribution in [-0.4, -0.2) is 24.3 Å². The van der Waals surface area contributed by atoms with Gasteiger partial charge >= 0.3 is 5.97 Å². The van der Waals surface area contributed by atoms with Gasteiger partial charge in [-0.15, -0.1) is 11.6 Å². The van der Waals surface area contributed by atoms with Gasteiger partial charge in [-0.25, -0.2) is 4.79 Å². The SMILES string of the molecule is COC(=O)c1ccc2c(c1)CCC(c1ccc(OC3CC3c3onc(-c4c(Cl)cccc4Cl)c3CCl)cc1Cl)O2. The van der Waals surface area contributed by atoms with Crippen molar-refractivity contribution >= 4 is 52.4 Å². The van der Waals surface area contributed by atoms with E-state index in [-0.39, 0.29) is 30.0 Å². The first-order valence-corrected chi connectivity index (χ1v) is 14.4. The predicted molar refractivity (Wildman–Crippen MR) is 154 cm³/mol. The maximum atomic E-state index is 11.8. The van der Waals surface area contributed by atoms with E-state index in [1.807, 2.05) is 24.3 Å². The van der Waals surface area contributed by atoms with Crippen molar-refractivity contribution in [3.8, 4) is 22.8 Å². The summed E-state index contributed by atoms with van der Waals surface area (Å²) in [4.78, 5) is 11.8. The molecule has 40 heavy (non-hydrogen) atoms. The number of carbonyl (C=O) groups is 1. The largest absolute Gasteiger partial charge is 0.490 e. The van der Waals surface area contributed by atoms with Gasteiger partial charge in [-0.05, 0) is 67.3 Å². The number of hydrogen-bond donors (Lipinski definition) is 0. The van der Waals surface area contributed by atoms with Crippen LogP contribution in [0.15, 0.2) is 59.1 Å². The summed E-state index contributed by atoms with van der Waals surface area (Å²) in [6.07, 6.45) is 1.93. The van der Waals surface area contributed by atoms with Crippen LogP contribution >= 0.6 is 46.4 Å². The lowest BCUT2D eigenvalue weighted by atomic mass is 9.96. The van der Waals surface area contributed by atoms with Crippen LogP contribution in [0.1, 0.15) is 57.7 Å². The highest BCUT2D eigenvalue weighted by molar-refractivity contribution is 6.39. The van der Waals surface area contributed by atoms with E-state index in [0.29, 0.717) is 43.4 Å². The Morgan fingerprint density at radius 3 is 2.58 bits per heavy atom. The summed E-state index contributed by atoms with van der Waals surface area (Å²) in [6.45, 7) is 0. The summed E-state index contributed by atoms with van der Waals surface area (Å²) in [6, 6.07) is 16.2. The molecule has 6 nitrogen and oxygen atoms in total. The number of ether oxygens (including phenoxy) is 3. The number of benzene rings is 3. The fourth-order valence-corrected chi connectivity index (χ4v) is 6.24. The molecule has 1 aromatic heterocycles. The van der Waals surface area contributed by atoms with Crippen LogP contribution in [0, 0.1) is 0 Å². The number of carbonyl (C=O) groups excluding carboxylic acids is 1. The number of esters is 1. The van der Waals surface area contributed by atoms with Gasteiger partial charge in [0.05, 0.1) is 39.5 Å². The number of fused-ring (bicyclic) bond motifs is 1. The Labute approximate surface area is 251 Å². The average Bonchev–Trinajstić information content (AvgIpc) is 3.58. The van der Waals surface area contributed by atoms with Gasteiger partial charge in [0.1, 0.15) is 35.2 Å². The lowest BCUT2D eigenvalue weighted by Crippen LogP contribution is -2.16. The highest BCUT2D eigenvalue weighted by Gasteiger charge is 2.46. The molecule has 3 atom stereocenters. The molecule has 3 unspecified atom stereocenters. The molecule has 2 heterocycles. The standard InChI is InChI=1S/C30H23Cl4NO5/c1-37-30(36)16-6-9-24-15(11-16)5-10-25(39-24)18-8-7-17(12-23(18)34)38-26-13-19(26)29-20(14-31)28(35-40-29)27-21(32)3-2-4-22(27)33/h2-4,6-9,11-12,19,25-26H,5,10,13-14H2,1H3. The summed E-state index contributed by atoms with van der Waals surface area (Å²) >= 11 is 25.8. The summed E-state index contributed by atoms with van der Waals surface area (Å²) < 4.78 is 23.0. The van der Waals surface area contributed by atoms with Crippen molar-refractivity contribution < 1.29 is 23.5 Å². The highest BCUT2D eigenvalue weighted by atomic mass is 35.5. The summed E-state index contributed by atoms with van der Waals surface area (Å²) in [5.41, 5.74) is 4.27. The fraction of sp³-hybridized carbons (Fsp3) is 0.267. The van der Waals surface area contributed by atoms with Crippen LogP contribution in [-0.2, 0) is 17.0 Å². The van der Waals surface area contributed by atoms with Crippen molar-refractivity contribution in [2.45, 2.75) is 43.3 Å². The molecule has 1 saturated carbocycles. The van der Waals surface area contributed by atoms with Crippen LogP contribution in [0.4, 0.5) is 0 Å². The third kappa shape index (κ3) is 5.14. The second-order valence-electron chi connectivity index (χ2n) is 9.75. The molecule has 206 valence electrons. The highest BCUT2D eigenvalue weighted by Crippen LogP contribution is 2.49. The van der Waals surface area contributed by atoms with Crippen molar-refractivity contribution in [2.75, 3.05) is 7.11 Å². The number of hydrogen-bond acceptors (Lipinski definition) is 6. The monoisotopic (exact) mass is 617 g/mol. The van der Waals surface area contributed by atoms with Gasteiger partial charge in [-0.1, -0.05) is 52.1 Å². The topological polar surface area (TPSA) is 70.8 Å². The Balaban J connectivity index is 1.14. The third-order valence-corrected chi connectivity index (χ3v) is 8.48. The first-order chi connectivity index (χ1) is 19.4. The number of nitrogens with zero attached hydrogens (tertiary/aromatic N) is 1. The zero-order valence-electron chi connectivity index (χ0n) is 21.3. The lowest BCUT2D eigenvalue weighted by molar-refractivity contribution is 0.0600. The molecule has 0 spiro atoms. The number of methoxy groups -OCH3 is 1. The van der Waals surface area contributed by atoms with E-state index in [4.69, 9.17) is 65.1 Å². The maximum absolute atomic E-state index is 11.8. The van der Waals surface area contributed by atoms with Crippen molar-refractivity contribution in [1.29, 1.82) is 0 Å². The van der Waals surface area contributed by atoms with E-state index >= 15 is 0 Å². The summed E-state index contributed by atoms with van der Waals surface area (Å²) in [5.74, 6) is 1.91. The van der Waals surface area contributed by atoms with Crippen LogP contribution in [0.2, 0.25) is 15.1 Å². The molecule has 4 aromatic rings. The number of alkyl halides is 1. The first kappa shape index (κ1) is 27.3. The molecule has 0 radical (unpaired) electrons. The number of rotatable bonds is 7. The van der Waals surface area contributed by atoms with Crippen molar-refractivity contribution in [3.05, 3.63) is 97.7 Å². The smallest absolute Gasteiger partial charge is 0.337 e. The minimum Gasteiger partial charge on any atom is -0.490 e. The molecular formula is C30H23Cl4NO5. The van der Waals surface area contributed by atoms with Crippen molar-refractivity contribution in [3.63, 3.8) is 0 Å². The lowest BCUT2D eigenvalue weighted by Gasteiger charge is -2.27. The average molecular weight is 619 g/mol. The van der Waals surface area contributed by atoms with E-state index in [2.05, 4.69) is 5.16 Å². The molecule has 1 fully saturated rings. The van der Waals surface area contributed by atoms with Gasteiger partial charge in [0.15, 0.2) is 0 Å². The molecule has 0 bridgehead atoms. The molecule has 3 aromatic carbocycles. The Kier molecular flexibility index (Phi) is 7.62. The van der Waals surface area contributed by atoms with Crippen LogP contribution < -0.4 is 9.47 Å². The Morgan fingerprint density at radius 1 is 1.05 bits per heavy atom. The van der Waals surface area contributed by atoms with Crippen LogP contribution in [0.3, 0.4) is 0 Å². The Hall–Kier alpha value is -2.90. The normalized spacial score (nSPS) is 19.5. The summed E-state index contributed by atoms with van der Waals surface area (Å²) in [5, 5.41) is 5.77. The molecule has 1 aliphatic carbocycles. The second kappa shape index (κ2) is 11.2. The van der Waals surface area contributed by atoms with Gasteiger partial charge in [0, 0.05) is 16.7 Å². The van der Waals surface area contributed by atoms with E-state index in [9.17, 15) is 4.79 Å². The van der Waals surface area contributed by atoms with Gasteiger partial charge < -0.3 is 18.7 Å². The van der Waals surface area contributed by atoms with Gasteiger partial charge in [0.2, 0.25) is 0 Å². The predicted octanol–water partition coefficient (Wildman–Crippen LogP) is 8.83. The zero-order valence-corrected chi connectivity index (χ0v) is 24.3. The van der Waals surface area contributed by atoms with Crippen LogP contribution in [0.5, 0.6) is 11.5 Å². The Bertz CT molecular complexity index is 1580. The van der Waals surface area contributed by atoms with Gasteiger partial charge in [-0.3, -0.25) is 0 Å². The number of halogens is 4. The molecule has 1 aliphatic heterocycles. The van der Waals surface area contributed by atoms with Gasteiger partial charge in [0.25, 0.3) is 0 Å². The number of aryl methyl sites for hydroxylation is 1. The van der Waals surface area contributed by atoms with E-state index in [0.717, 1.165) is 41.7 Å².